The number of carbonyl (C=O) groups is 1. The molecule has 0 aliphatic carbocycles. The summed E-state index contributed by atoms with van der Waals surface area (Å²) in [6.45, 7) is 0.433. The molecule has 1 heterocycles. The highest BCUT2D eigenvalue weighted by molar-refractivity contribution is 6.27. The number of carbonyl (C=O) groups excluding carboxylic acids is 1. The van der Waals surface area contributed by atoms with Crippen molar-refractivity contribution in [3.05, 3.63) is 12.2 Å². The molecule has 0 spiro atoms. The number of aryl methyl sites for hydroxylation is 1. The van der Waals surface area contributed by atoms with Crippen LogP contribution in [0.2, 0.25) is 0 Å². The van der Waals surface area contributed by atoms with Crippen molar-refractivity contribution < 1.29 is 4.79 Å². The van der Waals surface area contributed by atoms with E-state index in [1.54, 1.807) is 18.8 Å². The predicted octanol–water partition coefficient (Wildman–Crippen LogP) is 0.434. The number of halogens is 2. The van der Waals surface area contributed by atoms with Crippen LogP contribution in [-0.2, 0) is 18.4 Å². The van der Waals surface area contributed by atoms with Crippen molar-refractivity contribution in [2.75, 3.05) is 12.9 Å². The maximum atomic E-state index is 11.1. The van der Waals surface area contributed by atoms with E-state index in [0.717, 1.165) is 5.82 Å². The first-order chi connectivity index (χ1) is 6.15. The number of hydrogen-bond donors (Lipinski definition) is 0. The molecule has 5 nitrogen and oxygen atoms in total. The molecular formula is C7H12Cl2N4O. The Morgan fingerprint density at radius 3 is 2.79 bits per heavy atom. The van der Waals surface area contributed by atoms with Crippen LogP contribution in [-0.4, -0.2) is 38.5 Å². The van der Waals surface area contributed by atoms with Gasteiger partial charge < -0.3 is 4.90 Å². The molecule has 0 aliphatic heterocycles. The normalized spacial score (nSPS) is 9.36. The van der Waals surface area contributed by atoms with Crippen molar-refractivity contribution in [3.8, 4) is 0 Å². The zero-order valence-electron chi connectivity index (χ0n) is 7.97. The van der Waals surface area contributed by atoms with Gasteiger partial charge in [-0.05, 0) is 0 Å². The SMILES string of the molecule is CN(Cc1ncnn1C)C(=O)CCl.Cl. The van der Waals surface area contributed by atoms with Crippen LogP contribution in [0.4, 0.5) is 0 Å². The molecule has 0 atom stereocenters. The minimum absolute atomic E-state index is 0. The van der Waals surface area contributed by atoms with E-state index in [2.05, 4.69) is 10.1 Å². The lowest BCUT2D eigenvalue weighted by Gasteiger charge is -2.14. The van der Waals surface area contributed by atoms with Crippen LogP contribution < -0.4 is 0 Å². The van der Waals surface area contributed by atoms with Crippen molar-refractivity contribution in [1.82, 2.24) is 19.7 Å². The second-order valence-corrected chi connectivity index (χ2v) is 2.95. The highest BCUT2D eigenvalue weighted by atomic mass is 35.5. The molecule has 0 radical (unpaired) electrons. The summed E-state index contributed by atoms with van der Waals surface area (Å²) in [5.74, 6) is 0.611. The van der Waals surface area contributed by atoms with Crippen LogP contribution >= 0.6 is 24.0 Å². The van der Waals surface area contributed by atoms with Crippen molar-refractivity contribution in [3.63, 3.8) is 0 Å². The van der Waals surface area contributed by atoms with Gasteiger partial charge in [-0.1, -0.05) is 0 Å². The third-order valence-corrected chi connectivity index (χ3v) is 1.95. The number of rotatable bonds is 3. The Hall–Kier alpha value is -0.810. The third kappa shape index (κ3) is 3.16. The van der Waals surface area contributed by atoms with E-state index in [9.17, 15) is 4.79 Å². The molecule has 0 saturated carbocycles. The topological polar surface area (TPSA) is 51.0 Å². The van der Waals surface area contributed by atoms with Gasteiger partial charge in [0.1, 0.15) is 18.0 Å². The maximum absolute atomic E-state index is 11.1. The minimum Gasteiger partial charge on any atom is -0.337 e. The molecule has 0 unspecified atom stereocenters. The van der Waals surface area contributed by atoms with Crippen LogP contribution in [0, 0.1) is 0 Å². The molecular weight excluding hydrogens is 227 g/mol. The smallest absolute Gasteiger partial charge is 0.237 e. The van der Waals surface area contributed by atoms with Crippen LogP contribution in [0.15, 0.2) is 6.33 Å². The fourth-order valence-corrected chi connectivity index (χ4v) is 1.07. The van der Waals surface area contributed by atoms with Gasteiger partial charge in [-0.25, -0.2) is 4.98 Å². The first-order valence-corrected chi connectivity index (χ1v) is 4.31. The van der Waals surface area contributed by atoms with Gasteiger partial charge in [0.25, 0.3) is 0 Å². The van der Waals surface area contributed by atoms with Gasteiger partial charge in [-0.2, -0.15) is 5.10 Å². The van der Waals surface area contributed by atoms with Gasteiger partial charge in [0.15, 0.2) is 0 Å². The summed E-state index contributed by atoms with van der Waals surface area (Å²) in [7, 11) is 3.46. The molecule has 1 aromatic heterocycles. The average Bonchev–Trinajstić information content (AvgIpc) is 2.50. The Labute approximate surface area is 93.5 Å². The molecule has 0 aromatic carbocycles. The number of aromatic nitrogens is 3. The summed E-state index contributed by atoms with van der Waals surface area (Å²) < 4.78 is 1.62. The molecule has 0 saturated heterocycles. The molecule has 0 fully saturated rings. The van der Waals surface area contributed by atoms with Crippen molar-refractivity contribution in [2.45, 2.75) is 6.54 Å². The zero-order chi connectivity index (χ0) is 9.84. The van der Waals surface area contributed by atoms with Crippen LogP contribution in [0.3, 0.4) is 0 Å². The van der Waals surface area contributed by atoms with E-state index in [-0.39, 0.29) is 24.2 Å². The van der Waals surface area contributed by atoms with E-state index < -0.39 is 0 Å². The molecule has 0 N–H and O–H groups in total. The van der Waals surface area contributed by atoms with Crippen LogP contribution in [0.25, 0.3) is 0 Å². The summed E-state index contributed by atoms with van der Waals surface area (Å²) >= 11 is 5.39. The molecule has 1 rings (SSSR count). The number of amides is 1. The highest BCUT2D eigenvalue weighted by Crippen LogP contribution is 1.98. The largest absolute Gasteiger partial charge is 0.337 e. The Kier molecular flexibility index (Phi) is 5.49. The number of hydrogen-bond acceptors (Lipinski definition) is 3. The van der Waals surface area contributed by atoms with Gasteiger partial charge in [0.2, 0.25) is 5.91 Å². The van der Waals surface area contributed by atoms with E-state index in [0.29, 0.717) is 6.54 Å². The summed E-state index contributed by atoms with van der Waals surface area (Å²) in [6, 6.07) is 0. The lowest BCUT2D eigenvalue weighted by molar-refractivity contribution is -0.127. The van der Waals surface area contributed by atoms with Crippen molar-refractivity contribution in [1.29, 1.82) is 0 Å². The van der Waals surface area contributed by atoms with Crippen LogP contribution in [0.1, 0.15) is 5.82 Å². The van der Waals surface area contributed by atoms with Gasteiger partial charge >= 0.3 is 0 Å². The van der Waals surface area contributed by atoms with E-state index in [1.807, 2.05) is 0 Å². The second-order valence-electron chi connectivity index (χ2n) is 2.68. The lowest BCUT2D eigenvalue weighted by atomic mass is 10.5. The molecule has 7 heteroatoms. The fraction of sp³-hybridized carbons (Fsp3) is 0.571. The van der Waals surface area contributed by atoms with Gasteiger partial charge in [-0.15, -0.1) is 24.0 Å². The van der Waals surface area contributed by atoms with Gasteiger partial charge in [-0.3, -0.25) is 9.48 Å². The second kappa shape index (κ2) is 5.82. The zero-order valence-corrected chi connectivity index (χ0v) is 9.55. The van der Waals surface area contributed by atoms with E-state index in [1.165, 1.54) is 11.2 Å². The molecule has 1 aromatic rings. The first kappa shape index (κ1) is 13.2. The summed E-state index contributed by atoms with van der Waals surface area (Å²) in [6.07, 6.45) is 1.45. The van der Waals surface area contributed by atoms with Gasteiger partial charge in [0, 0.05) is 14.1 Å². The summed E-state index contributed by atoms with van der Waals surface area (Å²) in [4.78, 5) is 16.6. The van der Waals surface area contributed by atoms with E-state index in [4.69, 9.17) is 11.6 Å². The first-order valence-electron chi connectivity index (χ1n) is 3.78. The highest BCUT2D eigenvalue weighted by Gasteiger charge is 2.09. The third-order valence-electron chi connectivity index (χ3n) is 1.72. The minimum atomic E-state index is -0.121. The molecule has 0 aliphatic rings. The van der Waals surface area contributed by atoms with Crippen LogP contribution in [0.5, 0.6) is 0 Å². The molecule has 0 bridgehead atoms. The fourth-order valence-electron chi connectivity index (χ4n) is 0.866. The Morgan fingerprint density at radius 2 is 2.36 bits per heavy atom. The maximum Gasteiger partial charge on any atom is 0.237 e. The predicted molar refractivity (Wildman–Crippen MR) is 55.4 cm³/mol. The Bertz CT molecular complexity index is 302. The van der Waals surface area contributed by atoms with Crippen molar-refractivity contribution in [2.24, 2.45) is 7.05 Å². The summed E-state index contributed by atoms with van der Waals surface area (Å²) in [5, 5.41) is 3.89. The molecule has 14 heavy (non-hydrogen) atoms. The van der Waals surface area contributed by atoms with E-state index >= 15 is 0 Å². The lowest BCUT2D eigenvalue weighted by Crippen LogP contribution is -2.28. The standard InChI is InChI=1S/C7H11ClN4O.ClH/c1-11(7(13)3-8)4-6-9-5-10-12(6)2;/h5H,3-4H2,1-2H3;1H. The quantitative estimate of drug-likeness (QED) is 0.719. The van der Waals surface area contributed by atoms with Gasteiger partial charge in [0.05, 0.1) is 6.54 Å². The average molecular weight is 239 g/mol. The monoisotopic (exact) mass is 238 g/mol. The Morgan fingerprint density at radius 1 is 1.71 bits per heavy atom. The summed E-state index contributed by atoms with van der Waals surface area (Å²) in [5.41, 5.74) is 0. The number of alkyl halides is 1. The van der Waals surface area contributed by atoms with Crippen molar-refractivity contribution >= 4 is 29.9 Å². The molecule has 1 amide bonds. The Balaban J connectivity index is 0.00000169. The molecule has 80 valence electrons. The number of nitrogens with zero attached hydrogens (tertiary/aromatic N) is 4.